The summed E-state index contributed by atoms with van der Waals surface area (Å²) < 4.78 is 0. The zero-order valence-corrected chi connectivity index (χ0v) is 11.7. The highest BCUT2D eigenvalue weighted by Gasteiger charge is 2.30. The lowest BCUT2D eigenvalue weighted by atomic mass is 9.72. The van der Waals surface area contributed by atoms with Gasteiger partial charge in [0.1, 0.15) is 0 Å². The maximum atomic E-state index is 10.4. The van der Waals surface area contributed by atoms with Crippen molar-refractivity contribution in [2.24, 2.45) is 23.7 Å². The van der Waals surface area contributed by atoms with E-state index in [0.29, 0.717) is 5.92 Å². The van der Waals surface area contributed by atoms with E-state index in [1.54, 1.807) is 0 Å². The molecule has 2 aliphatic carbocycles. The number of hydrogen-bond acceptors (Lipinski definition) is 1. The fraction of sp³-hybridized carbons (Fsp3) is 1.00. The minimum Gasteiger partial charge on any atom is -0.393 e. The standard InChI is InChI=1S/C16H30O/c1-12-8-9-15(10-13(12)2)16(17)11-14-6-4-3-5-7-14/h12-17H,3-11H2,1-2H3. The van der Waals surface area contributed by atoms with Crippen LogP contribution in [0.25, 0.3) is 0 Å². The van der Waals surface area contributed by atoms with Gasteiger partial charge in [-0.1, -0.05) is 52.4 Å². The summed E-state index contributed by atoms with van der Waals surface area (Å²) in [4.78, 5) is 0. The number of aliphatic hydroxyl groups excluding tert-OH is 1. The van der Waals surface area contributed by atoms with E-state index in [0.717, 1.165) is 24.2 Å². The van der Waals surface area contributed by atoms with Gasteiger partial charge in [-0.3, -0.25) is 0 Å². The summed E-state index contributed by atoms with van der Waals surface area (Å²) in [7, 11) is 0. The van der Waals surface area contributed by atoms with Crippen molar-refractivity contribution in [1.82, 2.24) is 0 Å². The van der Waals surface area contributed by atoms with Gasteiger partial charge in [0.15, 0.2) is 0 Å². The Hall–Kier alpha value is -0.0400. The maximum Gasteiger partial charge on any atom is 0.0571 e. The van der Waals surface area contributed by atoms with Crippen LogP contribution in [-0.4, -0.2) is 11.2 Å². The molecule has 4 atom stereocenters. The van der Waals surface area contributed by atoms with Crippen molar-refractivity contribution in [3.05, 3.63) is 0 Å². The molecule has 0 spiro atoms. The second-order valence-electron chi connectivity index (χ2n) is 6.83. The van der Waals surface area contributed by atoms with Gasteiger partial charge in [0.2, 0.25) is 0 Å². The second-order valence-corrected chi connectivity index (χ2v) is 6.83. The zero-order valence-electron chi connectivity index (χ0n) is 11.7. The molecule has 0 aromatic rings. The minimum absolute atomic E-state index is 0.00644. The molecule has 2 fully saturated rings. The first-order valence-corrected chi connectivity index (χ1v) is 7.85. The predicted octanol–water partition coefficient (Wildman–Crippen LogP) is 4.39. The van der Waals surface area contributed by atoms with Crippen LogP contribution in [0.3, 0.4) is 0 Å². The molecule has 4 unspecified atom stereocenters. The average molecular weight is 238 g/mol. The van der Waals surface area contributed by atoms with Crippen LogP contribution >= 0.6 is 0 Å². The van der Waals surface area contributed by atoms with Crippen LogP contribution in [0.5, 0.6) is 0 Å². The molecule has 17 heavy (non-hydrogen) atoms. The highest BCUT2D eigenvalue weighted by atomic mass is 16.3. The third-order valence-corrected chi connectivity index (χ3v) is 5.48. The smallest absolute Gasteiger partial charge is 0.0571 e. The normalized spacial score (nSPS) is 37.9. The van der Waals surface area contributed by atoms with E-state index in [1.807, 2.05) is 0 Å². The van der Waals surface area contributed by atoms with Crippen LogP contribution in [-0.2, 0) is 0 Å². The first-order valence-electron chi connectivity index (χ1n) is 7.85. The Kier molecular flexibility index (Phi) is 4.90. The molecule has 1 heteroatoms. The van der Waals surface area contributed by atoms with E-state index >= 15 is 0 Å². The highest BCUT2D eigenvalue weighted by Crippen LogP contribution is 2.37. The third-order valence-electron chi connectivity index (χ3n) is 5.48. The number of hydrogen-bond donors (Lipinski definition) is 1. The van der Waals surface area contributed by atoms with E-state index in [1.165, 1.54) is 51.4 Å². The Labute approximate surface area is 107 Å². The van der Waals surface area contributed by atoms with Crippen molar-refractivity contribution >= 4 is 0 Å². The van der Waals surface area contributed by atoms with Gasteiger partial charge in [-0.25, -0.2) is 0 Å². The van der Waals surface area contributed by atoms with E-state index in [4.69, 9.17) is 0 Å². The largest absolute Gasteiger partial charge is 0.393 e. The molecular weight excluding hydrogens is 208 g/mol. The summed E-state index contributed by atoms with van der Waals surface area (Å²) in [6.45, 7) is 4.73. The van der Waals surface area contributed by atoms with Gasteiger partial charge in [-0.2, -0.15) is 0 Å². The summed E-state index contributed by atoms with van der Waals surface area (Å²) in [5.41, 5.74) is 0. The Morgan fingerprint density at radius 1 is 0.941 bits per heavy atom. The van der Waals surface area contributed by atoms with Gasteiger partial charge < -0.3 is 5.11 Å². The SMILES string of the molecule is CC1CCC(C(O)CC2CCCCC2)CC1C. The Balaban J connectivity index is 1.77. The van der Waals surface area contributed by atoms with Gasteiger partial charge >= 0.3 is 0 Å². The monoisotopic (exact) mass is 238 g/mol. The van der Waals surface area contributed by atoms with Crippen LogP contribution in [0.15, 0.2) is 0 Å². The molecule has 0 aromatic carbocycles. The fourth-order valence-corrected chi connectivity index (χ4v) is 3.90. The first-order chi connectivity index (χ1) is 8.16. The topological polar surface area (TPSA) is 20.2 Å². The van der Waals surface area contributed by atoms with E-state index < -0.39 is 0 Å². The van der Waals surface area contributed by atoms with Gasteiger partial charge in [0.05, 0.1) is 6.10 Å². The van der Waals surface area contributed by atoms with E-state index in [-0.39, 0.29) is 6.10 Å². The van der Waals surface area contributed by atoms with Gasteiger partial charge in [-0.15, -0.1) is 0 Å². The highest BCUT2D eigenvalue weighted by molar-refractivity contribution is 4.81. The van der Waals surface area contributed by atoms with Gasteiger partial charge in [0.25, 0.3) is 0 Å². The fourth-order valence-electron chi connectivity index (χ4n) is 3.90. The van der Waals surface area contributed by atoms with Crippen molar-refractivity contribution < 1.29 is 5.11 Å². The van der Waals surface area contributed by atoms with Crippen LogP contribution in [0.4, 0.5) is 0 Å². The second kappa shape index (κ2) is 6.22. The molecule has 2 saturated carbocycles. The number of rotatable bonds is 3. The van der Waals surface area contributed by atoms with Crippen LogP contribution in [0, 0.1) is 23.7 Å². The molecule has 0 bridgehead atoms. The van der Waals surface area contributed by atoms with Crippen LogP contribution in [0.1, 0.15) is 71.6 Å². The lowest BCUT2D eigenvalue weighted by Gasteiger charge is -2.36. The molecule has 0 aromatic heterocycles. The van der Waals surface area contributed by atoms with E-state index in [9.17, 15) is 5.11 Å². The molecule has 0 heterocycles. The summed E-state index contributed by atoms with van der Waals surface area (Å²) >= 11 is 0. The van der Waals surface area contributed by atoms with Crippen LogP contribution < -0.4 is 0 Å². The lowest BCUT2D eigenvalue weighted by Crippen LogP contribution is -2.31. The number of aliphatic hydroxyl groups is 1. The zero-order chi connectivity index (χ0) is 12.3. The summed E-state index contributed by atoms with van der Waals surface area (Å²) in [6, 6.07) is 0. The van der Waals surface area contributed by atoms with Crippen molar-refractivity contribution in [3.63, 3.8) is 0 Å². The Morgan fingerprint density at radius 3 is 2.29 bits per heavy atom. The van der Waals surface area contributed by atoms with Gasteiger partial charge in [-0.05, 0) is 42.9 Å². The molecular formula is C16H30O. The third kappa shape index (κ3) is 3.71. The lowest BCUT2D eigenvalue weighted by molar-refractivity contribution is 0.0345. The Bertz CT molecular complexity index is 220. The molecule has 2 aliphatic rings. The van der Waals surface area contributed by atoms with Gasteiger partial charge in [0, 0.05) is 0 Å². The Morgan fingerprint density at radius 2 is 1.65 bits per heavy atom. The molecule has 2 rings (SSSR count). The molecule has 100 valence electrons. The first kappa shape index (κ1) is 13.4. The quantitative estimate of drug-likeness (QED) is 0.773. The van der Waals surface area contributed by atoms with Crippen molar-refractivity contribution in [2.75, 3.05) is 0 Å². The molecule has 0 amide bonds. The van der Waals surface area contributed by atoms with Crippen molar-refractivity contribution in [3.8, 4) is 0 Å². The minimum atomic E-state index is -0.00644. The van der Waals surface area contributed by atoms with Crippen molar-refractivity contribution in [2.45, 2.75) is 77.7 Å². The molecule has 0 aliphatic heterocycles. The predicted molar refractivity (Wildman–Crippen MR) is 72.9 cm³/mol. The van der Waals surface area contributed by atoms with Crippen molar-refractivity contribution in [1.29, 1.82) is 0 Å². The van der Waals surface area contributed by atoms with Crippen LogP contribution in [0.2, 0.25) is 0 Å². The molecule has 0 saturated heterocycles. The maximum absolute atomic E-state index is 10.4. The molecule has 1 N–H and O–H groups in total. The molecule has 1 nitrogen and oxygen atoms in total. The molecule has 0 radical (unpaired) electrons. The summed E-state index contributed by atoms with van der Waals surface area (Å²) in [5.74, 6) is 3.11. The summed E-state index contributed by atoms with van der Waals surface area (Å²) in [5, 5.41) is 10.4. The average Bonchev–Trinajstić information content (AvgIpc) is 2.34. The summed E-state index contributed by atoms with van der Waals surface area (Å²) in [6.07, 6.45) is 11.9. The van der Waals surface area contributed by atoms with E-state index in [2.05, 4.69) is 13.8 Å².